The Bertz CT molecular complexity index is 583. The van der Waals surface area contributed by atoms with Crippen molar-refractivity contribution in [3.8, 4) is 0 Å². The van der Waals surface area contributed by atoms with Crippen molar-refractivity contribution < 1.29 is 4.79 Å². The summed E-state index contributed by atoms with van der Waals surface area (Å²) in [5.74, 6) is -0.0222. The fraction of sp³-hybridized carbons (Fsp3) is 0.400. The molecular formula is C15H19N5O. The maximum absolute atomic E-state index is 12.6. The van der Waals surface area contributed by atoms with Gasteiger partial charge >= 0.3 is 0 Å². The Morgan fingerprint density at radius 3 is 2.86 bits per heavy atom. The van der Waals surface area contributed by atoms with Crippen LogP contribution in [0.5, 0.6) is 0 Å². The highest BCUT2D eigenvalue weighted by Crippen LogP contribution is 2.23. The standard InChI is InChI=1S/C15H19N5O/c16-14(12-5-2-1-3-6-12)15(21)19-8-4-7-13(9-19)20-11-17-10-18-20/h1-3,5-6,10-11,13-14H,4,7-9,16H2. The van der Waals surface area contributed by atoms with Gasteiger partial charge in [-0.05, 0) is 18.4 Å². The van der Waals surface area contributed by atoms with Crippen molar-refractivity contribution in [2.24, 2.45) is 5.73 Å². The van der Waals surface area contributed by atoms with E-state index in [9.17, 15) is 4.79 Å². The number of carbonyl (C=O) groups is 1. The second-order valence-electron chi connectivity index (χ2n) is 5.34. The van der Waals surface area contributed by atoms with Gasteiger partial charge in [-0.25, -0.2) is 9.67 Å². The molecule has 1 aliphatic rings. The molecule has 1 aliphatic heterocycles. The molecule has 2 unspecified atom stereocenters. The Labute approximate surface area is 123 Å². The third kappa shape index (κ3) is 2.95. The number of carbonyl (C=O) groups excluding carboxylic acids is 1. The Kier molecular flexibility index (Phi) is 3.96. The Hall–Kier alpha value is -2.21. The number of piperidine rings is 1. The van der Waals surface area contributed by atoms with Crippen molar-refractivity contribution in [3.05, 3.63) is 48.5 Å². The van der Waals surface area contributed by atoms with Crippen molar-refractivity contribution in [3.63, 3.8) is 0 Å². The molecule has 2 aromatic rings. The van der Waals surface area contributed by atoms with Gasteiger partial charge in [-0.2, -0.15) is 5.10 Å². The molecule has 0 saturated carbocycles. The van der Waals surface area contributed by atoms with E-state index in [0.29, 0.717) is 6.54 Å². The van der Waals surface area contributed by atoms with Crippen LogP contribution >= 0.6 is 0 Å². The van der Waals surface area contributed by atoms with Gasteiger partial charge in [0, 0.05) is 13.1 Å². The van der Waals surface area contributed by atoms with Gasteiger partial charge in [-0.15, -0.1) is 0 Å². The van der Waals surface area contributed by atoms with Crippen molar-refractivity contribution in [1.82, 2.24) is 19.7 Å². The zero-order valence-electron chi connectivity index (χ0n) is 11.8. The van der Waals surface area contributed by atoms with Gasteiger partial charge in [0.2, 0.25) is 5.91 Å². The number of likely N-dealkylation sites (tertiary alicyclic amines) is 1. The number of nitrogens with zero attached hydrogens (tertiary/aromatic N) is 4. The van der Waals surface area contributed by atoms with Gasteiger partial charge in [-0.1, -0.05) is 30.3 Å². The van der Waals surface area contributed by atoms with Gasteiger partial charge in [0.15, 0.2) is 0 Å². The highest BCUT2D eigenvalue weighted by molar-refractivity contribution is 5.83. The molecule has 6 nitrogen and oxygen atoms in total. The molecule has 2 atom stereocenters. The van der Waals surface area contributed by atoms with E-state index in [0.717, 1.165) is 24.9 Å². The molecule has 110 valence electrons. The zero-order valence-corrected chi connectivity index (χ0v) is 11.8. The first-order valence-corrected chi connectivity index (χ1v) is 7.19. The largest absolute Gasteiger partial charge is 0.339 e. The van der Waals surface area contributed by atoms with E-state index in [1.54, 1.807) is 6.33 Å². The van der Waals surface area contributed by atoms with E-state index in [1.165, 1.54) is 6.33 Å². The lowest BCUT2D eigenvalue weighted by atomic mass is 10.0. The Morgan fingerprint density at radius 1 is 1.33 bits per heavy atom. The van der Waals surface area contributed by atoms with Crippen LogP contribution in [-0.4, -0.2) is 38.7 Å². The van der Waals surface area contributed by atoms with E-state index >= 15 is 0 Å². The predicted octanol–water partition coefficient (Wildman–Crippen LogP) is 1.14. The minimum atomic E-state index is -0.597. The van der Waals surface area contributed by atoms with Crippen LogP contribution in [0.15, 0.2) is 43.0 Å². The second kappa shape index (κ2) is 6.05. The average molecular weight is 285 g/mol. The van der Waals surface area contributed by atoms with Gasteiger partial charge in [0.25, 0.3) is 0 Å². The maximum atomic E-state index is 12.6. The predicted molar refractivity (Wildman–Crippen MR) is 78.2 cm³/mol. The monoisotopic (exact) mass is 285 g/mol. The van der Waals surface area contributed by atoms with E-state index in [2.05, 4.69) is 10.1 Å². The summed E-state index contributed by atoms with van der Waals surface area (Å²) in [4.78, 5) is 18.4. The summed E-state index contributed by atoms with van der Waals surface area (Å²) in [6, 6.07) is 9.09. The number of hydrogen-bond acceptors (Lipinski definition) is 4. The summed E-state index contributed by atoms with van der Waals surface area (Å²) >= 11 is 0. The van der Waals surface area contributed by atoms with Crippen LogP contribution in [-0.2, 0) is 4.79 Å². The van der Waals surface area contributed by atoms with E-state index in [-0.39, 0.29) is 11.9 Å². The number of amides is 1. The lowest BCUT2D eigenvalue weighted by Gasteiger charge is -2.34. The molecule has 1 fully saturated rings. The smallest absolute Gasteiger partial charge is 0.244 e. The summed E-state index contributed by atoms with van der Waals surface area (Å²) in [6.07, 6.45) is 5.19. The van der Waals surface area contributed by atoms with E-state index in [1.807, 2.05) is 39.9 Å². The molecule has 6 heteroatoms. The van der Waals surface area contributed by atoms with Crippen molar-refractivity contribution in [2.45, 2.75) is 24.9 Å². The SMILES string of the molecule is NC(C(=O)N1CCCC(n2cncn2)C1)c1ccccc1. The molecule has 21 heavy (non-hydrogen) atoms. The molecule has 2 heterocycles. The number of benzene rings is 1. The molecule has 1 aromatic carbocycles. The Morgan fingerprint density at radius 2 is 2.14 bits per heavy atom. The Balaban J connectivity index is 1.70. The fourth-order valence-corrected chi connectivity index (χ4v) is 2.78. The fourth-order valence-electron chi connectivity index (χ4n) is 2.78. The topological polar surface area (TPSA) is 77.0 Å². The molecule has 0 radical (unpaired) electrons. The van der Waals surface area contributed by atoms with Crippen LogP contribution in [0.2, 0.25) is 0 Å². The number of rotatable bonds is 3. The first-order valence-electron chi connectivity index (χ1n) is 7.19. The molecule has 1 saturated heterocycles. The van der Waals surface area contributed by atoms with Crippen LogP contribution in [0.3, 0.4) is 0 Å². The normalized spacial score (nSPS) is 20.2. The second-order valence-corrected chi connectivity index (χ2v) is 5.34. The third-order valence-corrected chi connectivity index (χ3v) is 3.94. The van der Waals surface area contributed by atoms with Crippen LogP contribution < -0.4 is 5.73 Å². The number of hydrogen-bond donors (Lipinski definition) is 1. The van der Waals surface area contributed by atoms with Gasteiger partial charge in [-0.3, -0.25) is 4.79 Å². The number of aromatic nitrogens is 3. The van der Waals surface area contributed by atoms with Gasteiger partial charge < -0.3 is 10.6 Å². The molecular weight excluding hydrogens is 266 g/mol. The summed E-state index contributed by atoms with van der Waals surface area (Å²) in [7, 11) is 0. The summed E-state index contributed by atoms with van der Waals surface area (Å²) in [5.41, 5.74) is 6.96. The van der Waals surface area contributed by atoms with Crippen LogP contribution in [0, 0.1) is 0 Å². The molecule has 1 aromatic heterocycles. The minimum Gasteiger partial charge on any atom is -0.339 e. The van der Waals surface area contributed by atoms with E-state index in [4.69, 9.17) is 5.73 Å². The molecule has 0 aliphatic carbocycles. The van der Waals surface area contributed by atoms with Crippen molar-refractivity contribution in [2.75, 3.05) is 13.1 Å². The first kappa shape index (κ1) is 13.8. The highest BCUT2D eigenvalue weighted by Gasteiger charge is 2.28. The summed E-state index contributed by atoms with van der Waals surface area (Å²) < 4.78 is 1.83. The summed E-state index contributed by atoms with van der Waals surface area (Å²) in [5, 5.41) is 4.17. The molecule has 2 N–H and O–H groups in total. The average Bonchev–Trinajstić information content (AvgIpc) is 3.09. The maximum Gasteiger partial charge on any atom is 0.244 e. The zero-order chi connectivity index (χ0) is 14.7. The molecule has 0 spiro atoms. The minimum absolute atomic E-state index is 0.0222. The van der Waals surface area contributed by atoms with Gasteiger partial charge in [0.1, 0.15) is 18.7 Å². The van der Waals surface area contributed by atoms with Crippen molar-refractivity contribution in [1.29, 1.82) is 0 Å². The lowest BCUT2D eigenvalue weighted by molar-refractivity contribution is -0.134. The number of nitrogens with two attached hydrogens (primary N) is 1. The quantitative estimate of drug-likeness (QED) is 0.917. The van der Waals surface area contributed by atoms with Crippen LogP contribution in [0.25, 0.3) is 0 Å². The highest BCUT2D eigenvalue weighted by atomic mass is 16.2. The van der Waals surface area contributed by atoms with E-state index < -0.39 is 6.04 Å². The third-order valence-electron chi connectivity index (χ3n) is 3.94. The molecule has 0 bridgehead atoms. The van der Waals surface area contributed by atoms with Gasteiger partial charge in [0.05, 0.1) is 6.04 Å². The molecule has 3 rings (SSSR count). The van der Waals surface area contributed by atoms with Crippen LogP contribution in [0.4, 0.5) is 0 Å². The lowest BCUT2D eigenvalue weighted by Crippen LogP contribution is -2.45. The summed E-state index contributed by atoms with van der Waals surface area (Å²) in [6.45, 7) is 1.40. The van der Waals surface area contributed by atoms with Crippen LogP contribution in [0.1, 0.15) is 30.5 Å². The molecule has 1 amide bonds. The first-order chi connectivity index (χ1) is 10.3. The van der Waals surface area contributed by atoms with Crippen molar-refractivity contribution >= 4 is 5.91 Å².